The average Bonchev–Trinajstić information content (AvgIpc) is 3.53. The number of halogens is 2. The van der Waals surface area contributed by atoms with Crippen LogP contribution in [0.4, 0.5) is 20.2 Å². The van der Waals surface area contributed by atoms with Gasteiger partial charge in [0.05, 0.1) is 37.5 Å². The van der Waals surface area contributed by atoms with E-state index < -0.39 is 19.2 Å². The molecule has 0 bridgehead atoms. The largest absolute Gasteiger partial charge is 0.364 e. The van der Waals surface area contributed by atoms with Gasteiger partial charge in [-0.2, -0.15) is 0 Å². The molecule has 1 amide bonds. The second-order valence-electron chi connectivity index (χ2n) is 9.88. The van der Waals surface area contributed by atoms with E-state index in [0.717, 1.165) is 29.3 Å². The molecule has 7 nitrogen and oxygen atoms in total. The predicted molar refractivity (Wildman–Crippen MR) is 150 cm³/mol. The van der Waals surface area contributed by atoms with Crippen molar-refractivity contribution in [2.24, 2.45) is 0 Å². The molecule has 5 rings (SSSR count). The van der Waals surface area contributed by atoms with Crippen LogP contribution in [0.2, 0.25) is 0 Å². The molecule has 1 aliphatic heterocycles. The molecule has 1 saturated heterocycles. The molecule has 4 aromatic rings. The van der Waals surface area contributed by atoms with Crippen LogP contribution in [0.3, 0.4) is 0 Å². The molecule has 0 saturated carbocycles. The van der Waals surface area contributed by atoms with E-state index in [1.54, 1.807) is 36.0 Å². The molecule has 198 valence electrons. The lowest BCUT2D eigenvalue weighted by Crippen LogP contribution is -2.36. The normalized spacial score (nSPS) is 15.2. The molecular formula is C27H29F2N5O2PS+. The summed E-state index contributed by atoms with van der Waals surface area (Å²) in [4.78, 5) is 34.4. The first kappa shape index (κ1) is 26.4. The van der Waals surface area contributed by atoms with Crippen molar-refractivity contribution in [1.29, 1.82) is 0 Å². The number of carbonyl (C=O) groups is 1. The number of nitrogens with zero attached hydrogens (tertiary/aromatic N) is 4. The van der Waals surface area contributed by atoms with Gasteiger partial charge in [0.15, 0.2) is 0 Å². The average molecular weight is 557 g/mol. The standard InChI is InChI=1S/C27H28F2N5O2PS/c1-17(2)34-16-30-24(18-4-6-19(28)7-5-18)25(34)27-32-23(15-38-27)26(35)31-22-9-8-20(14-21(22)29)33-10-12-37(3,36)13-11-33/h4-9,14-17,36H,10-13H2,1-3H3/p+1. The van der Waals surface area contributed by atoms with Gasteiger partial charge in [-0.05, 0) is 56.3 Å². The van der Waals surface area contributed by atoms with E-state index in [1.807, 2.05) is 25.1 Å². The summed E-state index contributed by atoms with van der Waals surface area (Å²) in [5, 5.41) is 4.85. The maximum Gasteiger partial charge on any atom is 0.275 e. The number of hydrogen-bond acceptors (Lipinski definition) is 6. The van der Waals surface area contributed by atoms with Gasteiger partial charge in [-0.3, -0.25) is 9.69 Å². The summed E-state index contributed by atoms with van der Waals surface area (Å²) in [6.45, 7) is 7.32. The van der Waals surface area contributed by atoms with Crippen LogP contribution >= 0.6 is 18.8 Å². The number of anilines is 2. The van der Waals surface area contributed by atoms with Crippen LogP contribution in [-0.2, 0) is 0 Å². The molecule has 0 unspecified atom stereocenters. The summed E-state index contributed by atoms with van der Waals surface area (Å²) < 4.78 is 30.4. The number of aromatic nitrogens is 3. The molecule has 38 heavy (non-hydrogen) atoms. The summed E-state index contributed by atoms with van der Waals surface area (Å²) in [5.74, 6) is -1.38. The van der Waals surface area contributed by atoms with Crippen molar-refractivity contribution in [3.63, 3.8) is 0 Å². The molecule has 11 heteroatoms. The first-order valence-corrected chi connectivity index (χ1v) is 15.8. The number of hydrogen-bond donors (Lipinski definition) is 2. The highest BCUT2D eigenvalue weighted by molar-refractivity contribution is 7.69. The van der Waals surface area contributed by atoms with Crippen LogP contribution in [0, 0.1) is 11.6 Å². The minimum atomic E-state index is -1.84. The minimum absolute atomic E-state index is 0.0732. The monoisotopic (exact) mass is 556 g/mol. The summed E-state index contributed by atoms with van der Waals surface area (Å²) in [7, 11) is -1.84. The van der Waals surface area contributed by atoms with Gasteiger partial charge in [-0.25, -0.2) is 18.7 Å². The Kier molecular flexibility index (Phi) is 7.31. The second-order valence-corrected chi connectivity index (χ2v) is 14.3. The summed E-state index contributed by atoms with van der Waals surface area (Å²) in [6.07, 6.45) is 3.15. The molecule has 3 heterocycles. The number of carbonyl (C=O) groups excluding carboxylic acids is 1. The van der Waals surface area contributed by atoms with Gasteiger partial charge in [0.1, 0.15) is 47.8 Å². The fraction of sp³-hybridized carbons (Fsp3) is 0.296. The van der Waals surface area contributed by atoms with Gasteiger partial charge in [0, 0.05) is 22.7 Å². The van der Waals surface area contributed by atoms with Crippen LogP contribution < -0.4 is 10.2 Å². The maximum atomic E-state index is 14.9. The van der Waals surface area contributed by atoms with E-state index >= 15 is 0 Å². The Balaban J connectivity index is 1.36. The Hall–Kier alpha value is -3.20. The molecule has 0 aliphatic carbocycles. The SMILES string of the molecule is CC(C)n1cnc(-c2ccc(F)cc2)c1-c1nc(C(=O)Nc2ccc(N3CC[P+](C)(O)CC3)cc2F)cs1. The summed E-state index contributed by atoms with van der Waals surface area (Å²) >= 11 is 1.29. The topological polar surface area (TPSA) is 83.3 Å². The van der Waals surface area contributed by atoms with Crippen LogP contribution in [0.15, 0.2) is 54.2 Å². The maximum absolute atomic E-state index is 14.9. The fourth-order valence-electron chi connectivity index (χ4n) is 4.41. The summed E-state index contributed by atoms with van der Waals surface area (Å²) in [6, 6.07) is 10.9. The number of thiazole rings is 1. The van der Waals surface area contributed by atoms with E-state index in [0.29, 0.717) is 23.8 Å². The minimum Gasteiger partial charge on any atom is -0.364 e. The van der Waals surface area contributed by atoms with E-state index in [9.17, 15) is 18.5 Å². The lowest BCUT2D eigenvalue weighted by Gasteiger charge is -2.32. The Bertz CT molecular complexity index is 1460. The van der Waals surface area contributed by atoms with Gasteiger partial charge >= 0.3 is 0 Å². The van der Waals surface area contributed by atoms with Crippen molar-refractivity contribution < 1.29 is 18.5 Å². The van der Waals surface area contributed by atoms with E-state index in [4.69, 9.17) is 0 Å². The lowest BCUT2D eigenvalue weighted by atomic mass is 10.1. The van der Waals surface area contributed by atoms with E-state index in [-0.39, 0.29) is 23.2 Å². The van der Waals surface area contributed by atoms with Crippen LogP contribution in [-0.4, -0.2) is 57.4 Å². The zero-order valence-electron chi connectivity index (χ0n) is 21.4. The summed E-state index contributed by atoms with van der Waals surface area (Å²) in [5.41, 5.74) is 3.08. The number of nitrogens with one attached hydrogen (secondary N) is 1. The van der Waals surface area contributed by atoms with Crippen molar-refractivity contribution in [3.05, 3.63) is 71.5 Å². The van der Waals surface area contributed by atoms with Gasteiger partial charge in [0.25, 0.3) is 5.91 Å². The third kappa shape index (κ3) is 5.48. The molecule has 0 atom stereocenters. The zero-order chi connectivity index (χ0) is 27.0. The smallest absolute Gasteiger partial charge is 0.275 e. The quantitative estimate of drug-likeness (QED) is 0.278. The van der Waals surface area contributed by atoms with Crippen molar-refractivity contribution in [2.75, 3.05) is 42.3 Å². The Labute approximate surface area is 224 Å². The van der Waals surface area contributed by atoms with E-state index in [2.05, 4.69) is 20.2 Å². The van der Waals surface area contributed by atoms with Crippen molar-refractivity contribution in [2.45, 2.75) is 19.9 Å². The van der Waals surface area contributed by atoms with Crippen LogP contribution in [0.1, 0.15) is 30.4 Å². The second kappa shape index (κ2) is 10.5. The molecular weight excluding hydrogens is 527 g/mol. The molecule has 2 aromatic heterocycles. The highest BCUT2D eigenvalue weighted by Gasteiger charge is 2.34. The van der Waals surface area contributed by atoms with Gasteiger partial charge in [-0.1, -0.05) is 0 Å². The number of imidazole rings is 1. The fourth-order valence-corrected chi connectivity index (χ4v) is 6.83. The van der Waals surface area contributed by atoms with Gasteiger partial charge in [-0.15, -0.1) is 11.3 Å². The molecule has 1 fully saturated rings. The highest BCUT2D eigenvalue weighted by Crippen LogP contribution is 2.52. The third-order valence-electron chi connectivity index (χ3n) is 6.68. The number of amides is 1. The third-order valence-corrected chi connectivity index (χ3v) is 9.85. The van der Waals surface area contributed by atoms with Crippen molar-refractivity contribution in [1.82, 2.24) is 14.5 Å². The predicted octanol–water partition coefficient (Wildman–Crippen LogP) is 6.16. The Morgan fingerprint density at radius 3 is 2.50 bits per heavy atom. The zero-order valence-corrected chi connectivity index (χ0v) is 23.1. The van der Waals surface area contributed by atoms with Crippen molar-refractivity contribution in [3.8, 4) is 22.0 Å². The van der Waals surface area contributed by atoms with Crippen molar-refractivity contribution >= 4 is 36.1 Å². The molecule has 1 aliphatic rings. The number of rotatable bonds is 6. The number of benzene rings is 2. The lowest BCUT2D eigenvalue weighted by molar-refractivity contribution is 0.102. The Morgan fingerprint density at radius 1 is 1.13 bits per heavy atom. The van der Waals surface area contributed by atoms with Crippen LogP contribution in [0.25, 0.3) is 22.0 Å². The molecule has 2 N–H and O–H groups in total. The molecule has 2 aromatic carbocycles. The van der Waals surface area contributed by atoms with Crippen LogP contribution in [0.5, 0.6) is 0 Å². The molecule has 0 radical (unpaired) electrons. The van der Waals surface area contributed by atoms with Gasteiger partial charge < -0.3 is 14.8 Å². The first-order valence-electron chi connectivity index (χ1n) is 12.3. The van der Waals surface area contributed by atoms with Gasteiger partial charge in [0.2, 0.25) is 0 Å². The molecule has 0 spiro atoms. The highest BCUT2D eigenvalue weighted by atomic mass is 32.1. The first-order chi connectivity index (χ1) is 18.1. The Morgan fingerprint density at radius 2 is 1.84 bits per heavy atom. The van der Waals surface area contributed by atoms with E-state index in [1.165, 1.54) is 29.5 Å².